The maximum atomic E-state index is 13.2. The fraction of sp³-hybridized carbons (Fsp3) is 0.300. The lowest BCUT2D eigenvalue weighted by molar-refractivity contribution is -0.137. The van der Waals surface area contributed by atoms with E-state index in [0.717, 1.165) is 12.1 Å². The van der Waals surface area contributed by atoms with E-state index in [9.17, 15) is 22.8 Å². The molecule has 1 aromatic carbocycles. The molecule has 1 aliphatic rings. The van der Waals surface area contributed by atoms with Gasteiger partial charge in [0.2, 0.25) is 0 Å². The second-order valence-electron chi connectivity index (χ2n) is 6.97. The summed E-state index contributed by atoms with van der Waals surface area (Å²) in [5, 5.41) is 9.94. The van der Waals surface area contributed by atoms with Gasteiger partial charge >= 0.3 is 12.1 Å². The number of nitrogens with zero attached hydrogens (tertiary/aromatic N) is 4. The molecule has 0 saturated carbocycles. The summed E-state index contributed by atoms with van der Waals surface area (Å²) in [6, 6.07) is 6.16. The van der Waals surface area contributed by atoms with Gasteiger partial charge in [0.25, 0.3) is 5.91 Å². The van der Waals surface area contributed by atoms with Crippen LogP contribution in [0.1, 0.15) is 15.9 Å². The van der Waals surface area contributed by atoms with Crippen molar-refractivity contribution in [2.75, 3.05) is 43.1 Å². The third-order valence-corrected chi connectivity index (χ3v) is 4.81. The number of pyridine rings is 1. The summed E-state index contributed by atoms with van der Waals surface area (Å²) < 4.78 is 51.3. The van der Waals surface area contributed by atoms with Gasteiger partial charge in [-0.25, -0.2) is 4.79 Å². The number of nitrogens with one attached hydrogen (secondary N) is 1. The second-order valence-corrected chi connectivity index (χ2v) is 6.97. The van der Waals surface area contributed by atoms with E-state index in [-0.39, 0.29) is 11.3 Å². The standard InChI is InChI=1S/C20H18F3N5O4/c21-20(22,23)14-2-3-16(27-5-7-31-8-6-27)15(9-14)25-18(29)11-32-19(30)13-1-4-17-26-24-12-28(17)10-13/h1-4,9-10,12H,5-8,11H2,(H,25,29). The Hall–Kier alpha value is -3.67. The van der Waals surface area contributed by atoms with Crippen molar-refractivity contribution in [1.82, 2.24) is 14.6 Å². The summed E-state index contributed by atoms with van der Waals surface area (Å²) in [5.41, 5.74) is 0.203. The molecule has 2 aromatic heterocycles. The molecule has 168 valence electrons. The van der Waals surface area contributed by atoms with E-state index < -0.39 is 30.2 Å². The molecule has 1 fully saturated rings. The first-order valence-electron chi connectivity index (χ1n) is 9.61. The zero-order valence-electron chi connectivity index (χ0n) is 16.6. The van der Waals surface area contributed by atoms with Gasteiger partial charge in [0, 0.05) is 19.3 Å². The molecular formula is C20H18F3N5O4. The highest BCUT2D eigenvalue weighted by atomic mass is 19.4. The summed E-state index contributed by atoms with van der Waals surface area (Å²) in [6.07, 6.45) is -1.73. The van der Waals surface area contributed by atoms with E-state index in [1.165, 1.54) is 29.1 Å². The number of rotatable bonds is 5. The highest BCUT2D eigenvalue weighted by Crippen LogP contribution is 2.35. The van der Waals surface area contributed by atoms with Gasteiger partial charge in [-0.1, -0.05) is 0 Å². The lowest BCUT2D eigenvalue weighted by Crippen LogP contribution is -2.37. The minimum atomic E-state index is -4.57. The molecule has 0 bridgehead atoms. The van der Waals surface area contributed by atoms with Crippen LogP contribution in [-0.4, -0.2) is 59.4 Å². The Bertz CT molecular complexity index is 1140. The largest absolute Gasteiger partial charge is 0.452 e. The highest BCUT2D eigenvalue weighted by molar-refractivity contribution is 5.97. The number of hydrogen-bond donors (Lipinski definition) is 1. The first kappa shape index (κ1) is 21.6. The van der Waals surface area contributed by atoms with Crippen LogP contribution in [0.2, 0.25) is 0 Å². The smallest absolute Gasteiger partial charge is 0.416 e. The van der Waals surface area contributed by atoms with Gasteiger partial charge in [-0.05, 0) is 30.3 Å². The van der Waals surface area contributed by atoms with E-state index in [0.29, 0.717) is 37.6 Å². The number of fused-ring (bicyclic) bond motifs is 1. The van der Waals surface area contributed by atoms with Crippen LogP contribution in [0.4, 0.5) is 24.5 Å². The zero-order valence-corrected chi connectivity index (χ0v) is 16.6. The quantitative estimate of drug-likeness (QED) is 0.598. The predicted octanol–water partition coefficient (Wildman–Crippen LogP) is 2.38. The van der Waals surface area contributed by atoms with Crippen LogP contribution in [0.25, 0.3) is 5.65 Å². The third-order valence-electron chi connectivity index (χ3n) is 4.81. The van der Waals surface area contributed by atoms with Crippen LogP contribution >= 0.6 is 0 Å². The number of halogens is 3. The van der Waals surface area contributed by atoms with Crippen molar-refractivity contribution < 1.29 is 32.2 Å². The highest BCUT2D eigenvalue weighted by Gasteiger charge is 2.32. The lowest BCUT2D eigenvalue weighted by Gasteiger charge is -2.31. The van der Waals surface area contributed by atoms with Gasteiger partial charge in [0.15, 0.2) is 12.3 Å². The molecule has 0 spiro atoms. The Morgan fingerprint density at radius 2 is 1.94 bits per heavy atom. The molecule has 3 aromatic rings. The van der Waals surface area contributed by atoms with Crippen molar-refractivity contribution in [3.8, 4) is 0 Å². The van der Waals surface area contributed by atoms with Crippen molar-refractivity contribution in [2.45, 2.75) is 6.18 Å². The number of amides is 1. The summed E-state index contributed by atoms with van der Waals surface area (Å²) in [4.78, 5) is 26.4. The zero-order chi connectivity index (χ0) is 22.7. The summed E-state index contributed by atoms with van der Waals surface area (Å²) in [5.74, 6) is -1.54. The molecule has 32 heavy (non-hydrogen) atoms. The molecule has 1 amide bonds. The van der Waals surface area contributed by atoms with Crippen molar-refractivity contribution in [2.24, 2.45) is 0 Å². The molecule has 0 atom stereocenters. The molecule has 12 heteroatoms. The Morgan fingerprint density at radius 3 is 2.69 bits per heavy atom. The minimum absolute atomic E-state index is 0.0197. The number of morpholine rings is 1. The number of alkyl halides is 3. The van der Waals surface area contributed by atoms with Crippen LogP contribution in [0.15, 0.2) is 42.9 Å². The summed E-state index contributed by atoms with van der Waals surface area (Å²) in [7, 11) is 0. The van der Waals surface area contributed by atoms with Gasteiger partial charge in [-0.3, -0.25) is 9.20 Å². The average Bonchev–Trinajstić information content (AvgIpc) is 3.25. The minimum Gasteiger partial charge on any atom is -0.452 e. The topological polar surface area (TPSA) is 98.1 Å². The molecule has 1 saturated heterocycles. The molecule has 0 aliphatic carbocycles. The maximum Gasteiger partial charge on any atom is 0.416 e. The molecule has 4 rings (SSSR count). The number of hydrogen-bond acceptors (Lipinski definition) is 7. The monoisotopic (exact) mass is 449 g/mol. The van der Waals surface area contributed by atoms with E-state index in [4.69, 9.17) is 9.47 Å². The summed E-state index contributed by atoms with van der Waals surface area (Å²) in [6.45, 7) is 1.10. The normalized spacial score (nSPS) is 14.4. The predicted molar refractivity (Wildman–Crippen MR) is 106 cm³/mol. The van der Waals surface area contributed by atoms with E-state index in [1.54, 1.807) is 6.07 Å². The van der Waals surface area contributed by atoms with Gasteiger partial charge in [0.05, 0.1) is 35.7 Å². The van der Waals surface area contributed by atoms with Gasteiger partial charge in [-0.2, -0.15) is 13.2 Å². The van der Waals surface area contributed by atoms with Gasteiger partial charge < -0.3 is 19.7 Å². The first-order chi connectivity index (χ1) is 15.3. The van der Waals surface area contributed by atoms with Crippen molar-refractivity contribution in [1.29, 1.82) is 0 Å². The van der Waals surface area contributed by atoms with Crippen molar-refractivity contribution in [3.05, 3.63) is 54.0 Å². The molecule has 9 nitrogen and oxygen atoms in total. The summed E-state index contributed by atoms with van der Waals surface area (Å²) >= 11 is 0. The van der Waals surface area contributed by atoms with Gasteiger partial charge in [0.1, 0.15) is 6.33 Å². The van der Waals surface area contributed by atoms with Crippen LogP contribution in [0, 0.1) is 0 Å². The van der Waals surface area contributed by atoms with Crippen LogP contribution in [0.5, 0.6) is 0 Å². The van der Waals surface area contributed by atoms with Crippen LogP contribution < -0.4 is 10.2 Å². The average molecular weight is 449 g/mol. The fourth-order valence-electron chi connectivity index (χ4n) is 3.24. The number of benzene rings is 1. The Morgan fingerprint density at radius 1 is 1.16 bits per heavy atom. The van der Waals surface area contributed by atoms with Crippen molar-refractivity contribution in [3.63, 3.8) is 0 Å². The second kappa shape index (κ2) is 8.83. The molecule has 0 radical (unpaired) electrons. The molecule has 3 heterocycles. The van der Waals surface area contributed by atoms with E-state index in [1.807, 2.05) is 4.90 Å². The van der Waals surface area contributed by atoms with Crippen molar-refractivity contribution >= 4 is 28.9 Å². The van der Waals surface area contributed by atoms with Crippen LogP contribution in [-0.2, 0) is 20.4 Å². The van der Waals surface area contributed by atoms with Gasteiger partial charge in [-0.15, -0.1) is 10.2 Å². The molecular weight excluding hydrogens is 431 g/mol. The number of esters is 1. The Kier molecular flexibility index (Phi) is 5.95. The third kappa shape index (κ3) is 4.80. The molecule has 1 aliphatic heterocycles. The number of ether oxygens (including phenoxy) is 2. The maximum absolute atomic E-state index is 13.2. The number of aromatic nitrogens is 3. The lowest BCUT2D eigenvalue weighted by atomic mass is 10.1. The SMILES string of the molecule is O=C(COC(=O)c1ccc2nncn2c1)Nc1cc(C(F)(F)F)ccc1N1CCOCC1. The number of carbonyl (C=O) groups excluding carboxylic acids is 2. The molecule has 1 N–H and O–H groups in total. The molecule has 0 unspecified atom stereocenters. The fourth-order valence-corrected chi connectivity index (χ4v) is 3.24. The van der Waals surface area contributed by atoms with Crippen LogP contribution in [0.3, 0.4) is 0 Å². The number of anilines is 2. The first-order valence-corrected chi connectivity index (χ1v) is 9.61. The number of carbonyl (C=O) groups is 2. The van der Waals surface area contributed by atoms with E-state index in [2.05, 4.69) is 15.5 Å². The van der Waals surface area contributed by atoms with E-state index >= 15 is 0 Å². The Labute approximate surface area is 179 Å². The Balaban J connectivity index is 1.46.